The summed E-state index contributed by atoms with van der Waals surface area (Å²) >= 11 is 0. The first kappa shape index (κ1) is 21.9. The van der Waals surface area contributed by atoms with Crippen molar-refractivity contribution >= 4 is 17.8 Å². The number of nitrogens with zero attached hydrogens (tertiary/aromatic N) is 4. The van der Waals surface area contributed by atoms with E-state index in [9.17, 15) is 9.59 Å². The van der Waals surface area contributed by atoms with Gasteiger partial charge in [0.05, 0.1) is 7.11 Å². The Hall–Kier alpha value is -2.38. The first-order chi connectivity index (χ1) is 13.2. The van der Waals surface area contributed by atoms with Gasteiger partial charge < -0.3 is 19.9 Å². The average Bonchev–Trinajstić information content (AvgIpc) is 2.66. The standard InChI is InChI=1S/C20H33N5O3/c1-13(2)11-16(22-20(27)28-6)19(26)25-9-7-24(8-10-25)17-12-15(5)21-18(23-17)14(3)4/h12-14,16H,7-11H2,1-6H3,(H,22,27). The van der Waals surface area contributed by atoms with Crippen LogP contribution in [-0.2, 0) is 9.53 Å². The second kappa shape index (κ2) is 9.71. The molecule has 0 aromatic carbocycles. The van der Waals surface area contributed by atoms with Gasteiger partial charge in [-0.3, -0.25) is 4.79 Å². The van der Waals surface area contributed by atoms with E-state index in [0.29, 0.717) is 32.6 Å². The van der Waals surface area contributed by atoms with Crippen LogP contribution in [0.2, 0.25) is 0 Å². The van der Waals surface area contributed by atoms with E-state index in [-0.39, 0.29) is 17.7 Å². The monoisotopic (exact) mass is 391 g/mol. The lowest BCUT2D eigenvalue weighted by atomic mass is 10.0. The summed E-state index contributed by atoms with van der Waals surface area (Å²) in [5, 5.41) is 2.68. The zero-order chi connectivity index (χ0) is 20.8. The molecule has 1 atom stereocenters. The number of nitrogens with one attached hydrogen (secondary N) is 1. The van der Waals surface area contributed by atoms with Gasteiger partial charge in [0.25, 0.3) is 0 Å². The molecule has 2 rings (SSSR count). The Balaban J connectivity index is 2.03. The smallest absolute Gasteiger partial charge is 0.407 e. The SMILES string of the molecule is COC(=O)NC(CC(C)C)C(=O)N1CCN(c2cc(C)nc(C(C)C)n2)CC1. The van der Waals surface area contributed by atoms with Gasteiger partial charge in [-0.15, -0.1) is 0 Å². The molecule has 1 aromatic heterocycles. The van der Waals surface area contributed by atoms with Crippen LogP contribution in [0.3, 0.4) is 0 Å². The topological polar surface area (TPSA) is 87.7 Å². The van der Waals surface area contributed by atoms with E-state index in [1.54, 1.807) is 0 Å². The van der Waals surface area contributed by atoms with Crippen LogP contribution in [0.15, 0.2) is 6.07 Å². The molecule has 0 saturated carbocycles. The van der Waals surface area contributed by atoms with Gasteiger partial charge in [-0.05, 0) is 19.3 Å². The van der Waals surface area contributed by atoms with Crippen LogP contribution in [0, 0.1) is 12.8 Å². The first-order valence-corrected chi connectivity index (χ1v) is 9.95. The van der Waals surface area contributed by atoms with Crippen molar-refractivity contribution in [3.05, 3.63) is 17.6 Å². The highest BCUT2D eigenvalue weighted by Gasteiger charge is 2.30. The van der Waals surface area contributed by atoms with Crippen LogP contribution >= 0.6 is 0 Å². The maximum atomic E-state index is 12.9. The number of alkyl carbamates (subject to hydrolysis) is 1. The molecule has 1 aliphatic rings. The largest absolute Gasteiger partial charge is 0.453 e. The number of hydrogen-bond donors (Lipinski definition) is 1. The molecular weight excluding hydrogens is 358 g/mol. The maximum Gasteiger partial charge on any atom is 0.407 e. The number of carbonyl (C=O) groups is 2. The van der Waals surface area contributed by atoms with Gasteiger partial charge in [0, 0.05) is 43.9 Å². The van der Waals surface area contributed by atoms with Gasteiger partial charge in [0.15, 0.2) is 0 Å². The lowest BCUT2D eigenvalue weighted by molar-refractivity contribution is -0.134. The van der Waals surface area contributed by atoms with Crippen molar-refractivity contribution in [1.82, 2.24) is 20.2 Å². The fourth-order valence-corrected chi connectivity index (χ4v) is 3.27. The molecule has 8 nitrogen and oxygen atoms in total. The molecule has 1 unspecified atom stereocenters. The number of rotatable bonds is 6. The van der Waals surface area contributed by atoms with Crippen molar-refractivity contribution in [2.24, 2.45) is 5.92 Å². The third-order valence-corrected chi connectivity index (χ3v) is 4.77. The Kier molecular flexibility index (Phi) is 7.60. The van der Waals surface area contributed by atoms with Crippen molar-refractivity contribution in [2.75, 3.05) is 38.2 Å². The first-order valence-electron chi connectivity index (χ1n) is 9.95. The molecule has 1 aliphatic heterocycles. The summed E-state index contributed by atoms with van der Waals surface area (Å²) < 4.78 is 4.67. The number of ether oxygens (including phenoxy) is 1. The van der Waals surface area contributed by atoms with Crippen LogP contribution in [0.25, 0.3) is 0 Å². The summed E-state index contributed by atoms with van der Waals surface area (Å²) in [5.41, 5.74) is 0.950. The Morgan fingerprint density at radius 2 is 1.79 bits per heavy atom. The molecule has 0 bridgehead atoms. The van der Waals surface area contributed by atoms with E-state index in [4.69, 9.17) is 0 Å². The number of amides is 2. The highest BCUT2D eigenvalue weighted by atomic mass is 16.5. The third kappa shape index (κ3) is 5.81. The lowest BCUT2D eigenvalue weighted by Crippen LogP contribution is -2.55. The molecule has 28 heavy (non-hydrogen) atoms. The fourth-order valence-electron chi connectivity index (χ4n) is 3.27. The van der Waals surface area contributed by atoms with E-state index in [1.165, 1.54) is 7.11 Å². The van der Waals surface area contributed by atoms with Crippen LogP contribution < -0.4 is 10.2 Å². The quantitative estimate of drug-likeness (QED) is 0.801. The molecule has 2 heterocycles. The molecule has 1 fully saturated rings. The molecule has 8 heteroatoms. The summed E-state index contributed by atoms with van der Waals surface area (Å²) in [6.07, 6.45) is 0.00657. The highest BCUT2D eigenvalue weighted by molar-refractivity contribution is 5.85. The minimum Gasteiger partial charge on any atom is -0.453 e. The lowest BCUT2D eigenvalue weighted by Gasteiger charge is -2.37. The molecule has 0 spiro atoms. The number of carbonyl (C=O) groups excluding carboxylic acids is 2. The minimum absolute atomic E-state index is 0.0551. The van der Waals surface area contributed by atoms with Gasteiger partial charge in [-0.2, -0.15) is 0 Å². The zero-order valence-corrected chi connectivity index (χ0v) is 17.9. The van der Waals surface area contributed by atoms with E-state index >= 15 is 0 Å². The van der Waals surface area contributed by atoms with Gasteiger partial charge in [0.1, 0.15) is 17.7 Å². The molecule has 2 amide bonds. The average molecular weight is 392 g/mol. The highest BCUT2D eigenvalue weighted by Crippen LogP contribution is 2.19. The van der Waals surface area contributed by atoms with Gasteiger partial charge in [0.2, 0.25) is 5.91 Å². The number of hydrogen-bond acceptors (Lipinski definition) is 6. The molecule has 0 aliphatic carbocycles. The van der Waals surface area contributed by atoms with Gasteiger partial charge in [-0.25, -0.2) is 14.8 Å². The van der Waals surface area contributed by atoms with Crippen LogP contribution in [0.4, 0.5) is 10.6 Å². The summed E-state index contributed by atoms with van der Waals surface area (Å²) in [5.74, 6) is 2.25. The summed E-state index contributed by atoms with van der Waals surface area (Å²) in [6, 6.07) is 1.43. The number of aryl methyl sites for hydroxylation is 1. The molecule has 1 saturated heterocycles. The van der Waals surface area contributed by atoms with Crippen LogP contribution in [0.5, 0.6) is 0 Å². The number of anilines is 1. The minimum atomic E-state index is -0.574. The number of piperazine rings is 1. The molecule has 0 radical (unpaired) electrons. The van der Waals surface area contributed by atoms with E-state index < -0.39 is 12.1 Å². The van der Waals surface area contributed by atoms with Gasteiger partial charge >= 0.3 is 6.09 Å². The summed E-state index contributed by atoms with van der Waals surface area (Å²) in [6.45, 7) is 12.8. The van der Waals surface area contributed by atoms with Crippen molar-refractivity contribution in [3.8, 4) is 0 Å². The van der Waals surface area contributed by atoms with E-state index in [0.717, 1.165) is 17.3 Å². The van der Waals surface area contributed by atoms with Crippen LogP contribution in [0.1, 0.15) is 51.6 Å². The second-order valence-corrected chi connectivity index (χ2v) is 8.01. The number of aromatic nitrogens is 2. The third-order valence-electron chi connectivity index (χ3n) is 4.77. The summed E-state index contributed by atoms with van der Waals surface area (Å²) in [7, 11) is 1.31. The Bertz CT molecular complexity index is 684. The second-order valence-electron chi connectivity index (χ2n) is 8.01. The molecule has 1 aromatic rings. The number of methoxy groups -OCH3 is 1. The fraction of sp³-hybridized carbons (Fsp3) is 0.700. The Morgan fingerprint density at radius 3 is 2.32 bits per heavy atom. The summed E-state index contributed by atoms with van der Waals surface area (Å²) in [4.78, 5) is 37.8. The molecular formula is C20H33N5O3. The predicted molar refractivity (Wildman–Crippen MR) is 108 cm³/mol. The van der Waals surface area contributed by atoms with Crippen LogP contribution in [-0.4, -0.2) is 66.2 Å². The molecule has 156 valence electrons. The Labute approximate surface area is 167 Å². The Morgan fingerprint density at radius 1 is 1.14 bits per heavy atom. The van der Waals surface area contributed by atoms with Crippen molar-refractivity contribution in [1.29, 1.82) is 0 Å². The van der Waals surface area contributed by atoms with E-state index in [1.807, 2.05) is 31.7 Å². The maximum absolute atomic E-state index is 12.9. The normalized spacial score (nSPS) is 15.7. The van der Waals surface area contributed by atoms with Crippen molar-refractivity contribution < 1.29 is 14.3 Å². The van der Waals surface area contributed by atoms with Crippen molar-refractivity contribution in [2.45, 2.75) is 53.0 Å². The predicted octanol–water partition coefficient (Wildman–Crippen LogP) is 2.33. The van der Waals surface area contributed by atoms with Gasteiger partial charge in [-0.1, -0.05) is 27.7 Å². The zero-order valence-electron chi connectivity index (χ0n) is 17.9. The molecule has 1 N–H and O–H groups in total. The van der Waals surface area contributed by atoms with E-state index in [2.05, 4.69) is 38.8 Å². The van der Waals surface area contributed by atoms with Crippen molar-refractivity contribution in [3.63, 3.8) is 0 Å².